The first kappa shape index (κ1) is 27.4. The van der Waals surface area contributed by atoms with Crippen molar-refractivity contribution >= 4 is 61.5 Å². The van der Waals surface area contributed by atoms with Crippen LogP contribution in [0.5, 0.6) is 17.2 Å². The van der Waals surface area contributed by atoms with Crippen LogP contribution >= 0.6 is 31.9 Å². The first-order chi connectivity index (χ1) is 18.3. The number of nitrogens with zero attached hydrogens (tertiary/aromatic N) is 1. The van der Waals surface area contributed by atoms with Crippen LogP contribution in [0.15, 0.2) is 75.2 Å². The molecule has 3 aromatic rings. The van der Waals surface area contributed by atoms with Crippen molar-refractivity contribution in [1.29, 1.82) is 0 Å². The lowest BCUT2D eigenvalue weighted by Crippen LogP contribution is -2.54. The molecule has 4 amide bonds. The van der Waals surface area contributed by atoms with Gasteiger partial charge in [0.1, 0.15) is 17.9 Å². The van der Waals surface area contributed by atoms with Crippen LogP contribution in [0.4, 0.5) is 10.5 Å². The smallest absolute Gasteiger partial charge is 0.335 e. The van der Waals surface area contributed by atoms with E-state index >= 15 is 0 Å². The van der Waals surface area contributed by atoms with Crippen LogP contribution in [0.1, 0.15) is 25.0 Å². The molecular weight excluding hydrogens is 620 g/mol. The highest BCUT2D eigenvalue weighted by Crippen LogP contribution is 2.38. The number of carbonyl (C=O) groups excluding carboxylic acids is 3. The Hall–Kier alpha value is -3.63. The average molecular weight is 644 g/mol. The number of anilines is 1. The van der Waals surface area contributed by atoms with Crippen molar-refractivity contribution in [1.82, 2.24) is 5.32 Å². The first-order valence-electron chi connectivity index (χ1n) is 11.8. The van der Waals surface area contributed by atoms with Gasteiger partial charge in [-0.15, -0.1) is 0 Å². The lowest BCUT2D eigenvalue weighted by atomic mass is 10.1. The Kier molecular flexibility index (Phi) is 8.85. The van der Waals surface area contributed by atoms with E-state index in [1.165, 1.54) is 6.08 Å². The molecule has 0 bridgehead atoms. The molecule has 1 aliphatic heterocycles. The Morgan fingerprint density at radius 2 is 1.55 bits per heavy atom. The molecule has 1 aliphatic rings. The summed E-state index contributed by atoms with van der Waals surface area (Å²) >= 11 is 6.86. The molecule has 0 aliphatic carbocycles. The number of hydrogen-bond acceptors (Lipinski definition) is 6. The minimum absolute atomic E-state index is 0.196. The van der Waals surface area contributed by atoms with Crippen molar-refractivity contribution in [3.63, 3.8) is 0 Å². The summed E-state index contributed by atoms with van der Waals surface area (Å²) in [7, 11) is 0. The predicted molar refractivity (Wildman–Crippen MR) is 150 cm³/mol. The summed E-state index contributed by atoms with van der Waals surface area (Å²) < 4.78 is 18.7. The zero-order valence-corrected chi connectivity index (χ0v) is 23.8. The quantitative estimate of drug-likeness (QED) is 0.219. The summed E-state index contributed by atoms with van der Waals surface area (Å²) in [6, 6.07) is 16.8. The maximum atomic E-state index is 13.3. The Morgan fingerprint density at radius 3 is 2.21 bits per heavy atom. The largest absolute Gasteiger partial charge is 0.490 e. The van der Waals surface area contributed by atoms with Gasteiger partial charge >= 0.3 is 6.03 Å². The van der Waals surface area contributed by atoms with E-state index < -0.39 is 17.8 Å². The van der Waals surface area contributed by atoms with Gasteiger partial charge in [-0.25, -0.2) is 9.69 Å². The minimum atomic E-state index is -0.830. The summed E-state index contributed by atoms with van der Waals surface area (Å²) in [5, 5.41) is 2.24. The van der Waals surface area contributed by atoms with E-state index in [1.807, 2.05) is 38.1 Å². The van der Waals surface area contributed by atoms with E-state index in [9.17, 15) is 14.4 Å². The molecule has 10 heteroatoms. The van der Waals surface area contributed by atoms with Gasteiger partial charge < -0.3 is 14.2 Å². The second-order valence-electron chi connectivity index (χ2n) is 8.06. The number of urea groups is 1. The van der Waals surface area contributed by atoms with Crippen LogP contribution in [0, 0.1) is 0 Å². The number of amides is 4. The van der Waals surface area contributed by atoms with Gasteiger partial charge in [0, 0.05) is 4.47 Å². The topological polar surface area (TPSA) is 94.2 Å². The summed E-state index contributed by atoms with van der Waals surface area (Å²) in [5.74, 6) is 0.0241. The van der Waals surface area contributed by atoms with Gasteiger partial charge in [0.2, 0.25) is 0 Å². The second-order valence-corrected chi connectivity index (χ2v) is 9.83. The van der Waals surface area contributed by atoms with Gasteiger partial charge in [0.05, 0.1) is 23.4 Å². The third-order valence-electron chi connectivity index (χ3n) is 5.45. The van der Waals surface area contributed by atoms with Crippen molar-refractivity contribution in [3.05, 3.63) is 86.3 Å². The highest BCUT2D eigenvalue weighted by molar-refractivity contribution is 9.10. The van der Waals surface area contributed by atoms with E-state index in [0.717, 1.165) is 14.9 Å². The zero-order valence-electron chi connectivity index (χ0n) is 20.6. The lowest BCUT2D eigenvalue weighted by molar-refractivity contribution is -0.122. The highest BCUT2D eigenvalue weighted by atomic mass is 79.9. The summed E-state index contributed by atoms with van der Waals surface area (Å²) in [4.78, 5) is 39.5. The summed E-state index contributed by atoms with van der Waals surface area (Å²) in [6.07, 6.45) is 1.41. The fraction of sp³-hybridized carbons (Fsp3) is 0.179. The van der Waals surface area contributed by atoms with Crippen molar-refractivity contribution in [2.75, 3.05) is 18.1 Å². The van der Waals surface area contributed by atoms with E-state index in [-0.39, 0.29) is 5.57 Å². The molecule has 1 saturated heterocycles. The number of benzene rings is 3. The van der Waals surface area contributed by atoms with Gasteiger partial charge in [-0.05, 0) is 95.5 Å². The van der Waals surface area contributed by atoms with Crippen molar-refractivity contribution in [3.8, 4) is 17.2 Å². The minimum Gasteiger partial charge on any atom is -0.490 e. The van der Waals surface area contributed by atoms with Gasteiger partial charge in [-0.1, -0.05) is 28.1 Å². The van der Waals surface area contributed by atoms with Crippen molar-refractivity contribution in [2.45, 2.75) is 20.5 Å². The number of hydrogen-bond donors (Lipinski definition) is 1. The molecule has 0 aromatic heterocycles. The van der Waals surface area contributed by atoms with E-state index in [4.69, 9.17) is 14.2 Å². The van der Waals surface area contributed by atoms with Crippen LogP contribution in [0.2, 0.25) is 0 Å². The summed E-state index contributed by atoms with van der Waals surface area (Å²) in [5.41, 5.74) is 1.61. The number of rotatable bonds is 9. The van der Waals surface area contributed by atoms with E-state index in [1.54, 1.807) is 36.4 Å². The molecule has 0 spiro atoms. The van der Waals surface area contributed by atoms with Crippen LogP contribution in [0.25, 0.3) is 6.08 Å². The first-order valence-corrected chi connectivity index (χ1v) is 13.4. The fourth-order valence-electron chi connectivity index (χ4n) is 3.72. The van der Waals surface area contributed by atoms with Crippen LogP contribution in [-0.4, -0.2) is 31.1 Å². The normalized spacial score (nSPS) is 14.5. The number of nitrogens with one attached hydrogen (secondary N) is 1. The molecule has 4 rings (SSSR count). The Balaban J connectivity index is 1.56. The number of halogens is 2. The third-order valence-corrected chi connectivity index (χ3v) is 6.56. The molecule has 0 unspecified atom stereocenters. The fourth-order valence-corrected chi connectivity index (χ4v) is 4.55. The molecule has 0 saturated carbocycles. The predicted octanol–water partition coefficient (Wildman–Crippen LogP) is 6.25. The summed E-state index contributed by atoms with van der Waals surface area (Å²) in [6.45, 7) is 4.89. The molecule has 0 atom stereocenters. The second kappa shape index (κ2) is 12.3. The molecule has 38 heavy (non-hydrogen) atoms. The van der Waals surface area contributed by atoms with E-state index in [0.29, 0.717) is 52.8 Å². The SMILES string of the molecule is CCOc1cc(/C=C2\C(=O)NC(=O)N(c3ccc(OCc4ccc(Br)cc4)cc3)C2=O)cc(Br)c1OCC. The van der Waals surface area contributed by atoms with Gasteiger partial charge in [0.25, 0.3) is 11.8 Å². The molecule has 3 aromatic carbocycles. The van der Waals surface area contributed by atoms with Crippen molar-refractivity contribution in [2.24, 2.45) is 0 Å². The Bertz CT molecular complexity index is 1390. The number of barbiturate groups is 1. The maximum absolute atomic E-state index is 13.3. The zero-order chi connectivity index (χ0) is 27.2. The third kappa shape index (κ3) is 6.25. The van der Waals surface area contributed by atoms with Gasteiger partial charge in [-0.2, -0.15) is 0 Å². The van der Waals surface area contributed by atoms with Gasteiger partial charge in [0.15, 0.2) is 11.5 Å². The molecule has 0 radical (unpaired) electrons. The Morgan fingerprint density at radius 1 is 0.868 bits per heavy atom. The molecule has 1 heterocycles. The van der Waals surface area contributed by atoms with Gasteiger partial charge in [-0.3, -0.25) is 14.9 Å². The standard InChI is InChI=1S/C28H24Br2N2O6/c1-3-36-24-15-18(14-23(30)25(24)37-4-2)13-22-26(33)31-28(35)32(27(22)34)20-9-11-21(12-10-20)38-16-17-5-7-19(29)8-6-17/h5-15H,3-4,16H2,1-2H3,(H,31,33,35)/b22-13+. The van der Waals surface area contributed by atoms with Crippen LogP contribution in [-0.2, 0) is 16.2 Å². The monoisotopic (exact) mass is 642 g/mol. The molecular formula is C28H24Br2N2O6. The number of carbonyl (C=O) groups is 3. The number of ether oxygens (including phenoxy) is 3. The lowest BCUT2D eigenvalue weighted by Gasteiger charge is -2.26. The maximum Gasteiger partial charge on any atom is 0.335 e. The molecule has 8 nitrogen and oxygen atoms in total. The highest BCUT2D eigenvalue weighted by Gasteiger charge is 2.37. The van der Waals surface area contributed by atoms with Crippen LogP contribution < -0.4 is 24.4 Å². The molecule has 1 fully saturated rings. The van der Waals surface area contributed by atoms with Crippen molar-refractivity contribution < 1.29 is 28.6 Å². The number of imide groups is 2. The average Bonchev–Trinajstić information content (AvgIpc) is 2.89. The van der Waals surface area contributed by atoms with Crippen LogP contribution in [0.3, 0.4) is 0 Å². The molecule has 196 valence electrons. The van der Waals surface area contributed by atoms with E-state index in [2.05, 4.69) is 37.2 Å². The Labute approximate surface area is 236 Å². The molecule has 1 N–H and O–H groups in total.